The highest BCUT2D eigenvalue weighted by molar-refractivity contribution is 5.89. The molecule has 0 spiro atoms. The quantitative estimate of drug-likeness (QED) is 0.548. The number of carbonyl (C=O) groups is 2. The van der Waals surface area contributed by atoms with E-state index >= 15 is 0 Å². The van der Waals surface area contributed by atoms with Crippen molar-refractivity contribution in [3.8, 4) is 0 Å². The van der Waals surface area contributed by atoms with Gasteiger partial charge in [-0.15, -0.1) is 0 Å². The third-order valence-corrected chi connectivity index (χ3v) is 5.50. The molecule has 6 nitrogen and oxygen atoms in total. The van der Waals surface area contributed by atoms with Crippen molar-refractivity contribution in [1.29, 1.82) is 0 Å². The van der Waals surface area contributed by atoms with Gasteiger partial charge in [0.05, 0.1) is 18.7 Å². The zero-order chi connectivity index (χ0) is 24.0. The number of alkyl carbamates (subject to hydrolysis) is 1. The Labute approximate surface area is 197 Å². The highest BCUT2D eigenvalue weighted by atomic mass is 16.6. The Hall–Kier alpha value is -2.86. The van der Waals surface area contributed by atoms with E-state index in [-0.39, 0.29) is 18.0 Å². The summed E-state index contributed by atoms with van der Waals surface area (Å²) in [4.78, 5) is 27.6. The summed E-state index contributed by atoms with van der Waals surface area (Å²) in [5, 5.41) is 3.04. The molecule has 33 heavy (non-hydrogen) atoms. The standard InChI is InChI=1S/C27H36N2O4/c1-19(2)16-22(28-26(31)33-27(3,4)5)23-24(32-18-21-14-10-7-11-15-21)25(30)29(23)17-20-12-8-6-9-13-20/h6-15,19,22-24H,16-18H2,1-5H3,(H,28,31)/t22-,23+,24-/m0/s1. The van der Waals surface area contributed by atoms with Crippen molar-refractivity contribution in [2.75, 3.05) is 0 Å². The number of hydrogen-bond donors (Lipinski definition) is 1. The number of carbonyl (C=O) groups excluding carboxylic acids is 2. The second kappa shape index (κ2) is 10.8. The first-order valence-corrected chi connectivity index (χ1v) is 11.6. The SMILES string of the molecule is CC(C)C[C@H](NC(=O)OC(C)(C)C)[C@@H]1[C@H](OCc2ccccc2)C(=O)N1Cc1ccccc1. The molecule has 6 heteroatoms. The number of hydrogen-bond acceptors (Lipinski definition) is 4. The van der Waals surface area contributed by atoms with Crippen LogP contribution in [0.3, 0.4) is 0 Å². The molecule has 2 aromatic rings. The van der Waals surface area contributed by atoms with E-state index in [0.717, 1.165) is 11.1 Å². The fraction of sp³-hybridized carbons (Fsp3) is 0.481. The van der Waals surface area contributed by atoms with Gasteiger partial charge in [0.1, 0.15) is 5.60 Å². The van der Waals surface area contributed by atoms with Crippen LogP contribution >= 0.6 is 0 Å². The number of benzene rings is 2. The van der Waals surface area contributed by atoms with Gasteiger partial charge in [-0.2, -0.15) is 0 Å². The van der Waals surface area contributed by atoms with E-state index in [1.54, 1.807) is 0 Å². The Kier molecular flexibility index (Phi) is 8.14. The molecule has 0 unspecified atom stereocenters. The summed E-state index contributed by atoms with van der Waals surface area (Å²) in [6.45, 7) is 10.5. The first kappa shape index (κ1) is 24.8. The summed E-state index contributed by atoms with van der Waals surface area (Å²) in [5.41, 5.74) is 1.44. The number of likely N-dealkylation sites (tertiary alicyclic amines) is 1. The molecule has 2 amide bonds. The van der Waals surface area contributed by atoms with E-state index in [1.807, 2.05) is 86.3 Å². The van der Waals surface area contributed by atoms with E-state index in [1.165, 1.54) is 0 Å². The number of β-lactam (4-membered cyclic amide) rings is 1. The molecule has 0 bridgehead atoms. The average Bonchev–Trinajstić information content (AvgIpc) is 2.74. The van der Waals surface area contributed by atoms with Crippen LogP contribution in [0.5, 0.6) is 0 Å². The molecule has 0 radical (unpaired) electrons. The van der Waals surface area contributed by atoms with Gasteiger partial charge in [0, 0.05) is 6.54 Å². The minimum absolute atomic E-state index is 0.0560. The smallest absolute Gasteiger partial charge is 0.407 e. The maximum Gasteiger partial charge on any atom is 0.407 e. The van der Waals surface area contributed by atoms with Crippen LogP contribution in [-0.4, -0.2) is 40.7 Å². The fourth-order valence-corrected chi connectivity index (χ4v) is 4.11. The van der Waals surface area contributed by atoms with Crippen molar-refractivity contribution in [2.24, 2.45) is 5.92 Å². The van der Waals surface area contributed by atoms with Gasteiger partial charge >= 0.3 is 6.09 Å². The van der Waals surface area contributed by atoms with Crippen LogP contribution in [0.4, 0.5) is 4.79 Å². The first-order chi connectivity index (χ1) is 15.6. The molecule has 3 rings (SSSR count). The molecule has 3 atom stereocenters. The van der Waals surface area contributed by atoms with Gasteiger partial charge in [0.2, 0.25) is 0 Å². The van der Waals surface area contributed by atoms with E-state index in [0.29, 0.717) is 25.5 Å². The Morgan fingerprint density at radius 2 is 1.58 bits per heavy atom. The highest BCUT2D eigenvalue weighted by Gasteiger charge is 2.52. The Balaban J connectivity index is 1.81. The lowest BCUT2D eigenvalue weighted by Crippen LogP contribution is -2.72. The normalized spacial score (nSPS) is 19.2. The molecule has 1 aliphatic heterocycles. The van der Waals surface area contributed by atoms with Crippen LogP contribution < -0.4 is 5.32 Å². The van der Waals surface area contributed by atoms with Gasteiger partial charge in [-0.25, -0.2) is 4.79 Å². The van der Waals surface area contributed by atoms with Crippen molar-refractivity contribution in [2.45, 2.75) is 78.0 Å². The molecule has 1 aliphatic rings. The van der Waals surface area contributed by atoms with E-state index in [2.05, 4.69) is 19.2 Å². The van der Waals surface area contributed by atoms with Gasteiger partial charge in [-0.3, -0.25) is 4.79 Å². The zero-order valence-corrected chi connectivity index (χ0v) is 20.3. The number of rotatable bonds is 9. The molecule has 1 fully saturated rings. The van der Waals surface area contributed by atoms with Gasteiger partial charge in [-0.1, -0.05) is 74.5 Å². The molecule has 178 valence electrons. The van der Waals surface area contributed by atoms with Crippen LogP contribution in [-0.2, 0) is 27.4 Å². The first-order valence-electron chi connectivity index (χ1n) is 11.6. The average molecular weight is 453 g/mol. The monoisotopic (exact) mass is 452 g/mol. The van der Waals surface area contributed by atoms with E-state index in [4.69, 9.17) is 9.47 Å². The maximum absolute atomic E-state index is 13.2. The number of ether oxygens (including phenoxy) is 2. The third-order valence-electron chi connectivity index (χ3n) is 5.50. The van der Waals surface area contributed by atoms with E-state index in [9.17, 15) is 9.59 Å². The van der Waals surface area contributed by atoms with Crippen molar-refractivity contribution >= 4 is 12.0 Å². The largest absolute Gasteiger partial charge is 0.444 e. The number of amides is 2. The minimum atomic E-state index is -0.618. The molecule has 0 aliphatic carbocycles. The lowest BCUT2D eigenvalue weighted by molar-refractivity contribution is -0.180. The Morgan fingerprint density at radius 1 is 1.00 bits per heavy atom. The van der Waals surface area contributed by atoms with Crippen LogP contribution in [0.1, 0.15) is 52.2 Å². The van der Waals surface area contributed by atoms with Crippen molar-refractivity contribution in [3.05, 3.63) is 71.8 Å². The summed E-state index contributed by atoms with van der Waals surface area (Å²) in [7, 11) is 0. The van der Waals surface area contributed by atoms with Crippen molar-refractivity contribution in [3.63, 3.8) is 0 Å². The molecule has 0 saturated carbocycles. The second-order valence-electron chi connectivity index (χ2n) is 10.0. The summed E-state index contributed by atoms with van der Waals surface area (Å²) in [6, 6.07) is 19.1. The number of nitrogens with one attached hydrogen (secondary N) is 1. The third kappa shape index (κ3) is 7.06. The predicted molar refractivity (Wildman–Crippen MR) is 128 cm³/mol. The molecule has 2 aromatic carbocycles. The Bertz CT molecular complexity index is 909. The van der Waals surface area contributed by atoms with E-state index < -0.39 is 17.8 Å². The molecule has 0 aromatic heterocycles. The highest BCUT2D eigenvalue weighted by Crippen LogP contribution is 2.31. The van der Waals surface area contributed by atoms with Gasteiger partial charge in [-0.05, 0) is 44.2 Å². The summed E-state index contributed by atoms with van der Waals surface area (Å²) < 4.78 is 11.6. The summed E-state index contributed by atoms with van der Waals surface area (Å²) in [6.07, 6.45) is -0.394. The Morgan fingerprint density at radius 3 is 2.12 bits per heavy atom. The van der Waals surface area contributed by atoms with Crippen LogP contribution in [0.15, 0.2) is 60.7 Å². The molecular formula is C27H36N2O4. The van der Waals surface area contributed by atoms with Gasteiger partial charge in [0.15, 0.2) is 6.10 Å². The molecular weight excluding hydrogens is 416 g/mol. The zero-order valence-electron chi connectivity index (χ0n) is 20.3. The fourth-order valence-electron chi connectivity index (χ4n) is 4.11. The van der Waals surface area contributed by atoms with Crippen molar-refractivity contribution in [1.82, 2.24) is 10.2 Å². The molecule has 1 N–H and O–H groups in total. The lowest BCUT2D eigenvalue weighted by Gasteiger charge is -2.50. The molecule has 1 heterocycles. The van der Waals surface area contributed by atoms with Crippen LogP contribution in [0, 0.1) is 5.92 Å². The second-order valence-corrected chi connectivity index (χ2v) is 10.0. The maximum atomic E-state index is 13.2. The topological polar surface area (TPSA) is 67.9 Å². The van der Waals surface area contributed by atoms with Gasteiger partial charge in [0.25, 0.3) is 5.91 Å². The number of nitrogens with zero attached hydrogens (tertiary/aromatic N) is 1. The summed E-state index contributed by atoms with van der Waals surface area (Å²) in [5.74, 6) is 0.258. The minimum Gasteiger partial charge on any atom is -0.444 e. The van der Waals surface area contributed by atoms with Crippen LogP contribution in [0.25, 0.3) is 0 Å². The van der Waals surface area contributed by atoms with Gasteiger partial charge < -0.3 is 19.7 Å². The van der Waals surface area contributed by atoms with Crippen LogP contribution in [0.2, 0.25) is 0 Å². The summed E-state index contributed by atoms with van der Waals surface area (Å²) >= 11 is 0. The predicted octanol–water partition coefficient (Wildman–Crippen LogP) is 4.92. The molecule has 1 saturated heterocycles. The van der Waals surface area contributed by atoms with Crippen molar-refractivity contribution < 1.29 is 19.1 Å². The lowest BCUT2D eigenvalue weighted by atomic mass is 9.85.